The maximum Gasteiger partial charge on any atom is 0.245 e. The SMILES string of the molecule is CC1NC(c2ccccc2)C(=O)N1CC1(C)CCCS1. The van der Waals surface area contributed by atoms with Gasteiger partial charge in [-0.25, -0.2) is 0 Å². The third-order valence-corrected chi connectivity index (χ3v) is 5.87. The van der Waals surface area contributed by atoms with Gasteiger partial charge < -0.3 is 4.90 Å². The summed E-state index contributed by atoms with van der Waals surface area (Å²) in [6.45, 7) is 5.23. The highest BCUT2D eigenvalue weighted by molar-refractivity contribution is 8.00. The van der Waals surface area contributed by atoms with E-state index in [2.05, 4.69) is 19.2 Å². The summed E-state index contributed by atoms with van der Waals surface area (Å²) in [6.07, 6.45) is 2.60. The molecular formula is C16H22N2OS. The number of carbonyl (C=O) groups is 1. The van der Waals surface area contributed by atoms with Crippen LogP contribution in [0.15, 0.2) is 30.3 Å². The minimum Gasteiger partial charge on any atom is -0.324 e. The van der Waals surface area contributed by atoms with E-state index in [9.17, 15) is 4.79 Å². The van der Waals surface area contributed by atoms with Crippen molar-refractivity contribution in [2.75, 3.05) is 12.3 Å². The second-order valence-electron chi connectivity index (χ2n) is 6.05. The van der Waals surface area contributed by atoms with Crippen molar-refractivity contribution < 1.29 is 4.79 Å². The molecule has 4 heteroatoms. The Hall–Kier alpha value is -1.00. The van der Waals surface area contributed by atoms with Crippen LogP contribution in [-0.2, 0) is 4.79 Å². The molecule has 1 aromatic carbocycles. The molecule has 2 heterocycles. The van der Waals surface area contributed by atoms with Crippen LogP contribution in [0.4, 0.5) is 0 Å². The zero-order valence-electron chi connectivity index (χ0n) is 12.1. The number of hydrogen-bond acceptors (Lipinski definition) is 3. The predicted octanol–water partition coefficient (Wildman–Crippen LogP) is 2.79. The van der Waals surface area contributed by atoms with E-state index in [1.165, 1.54) is 18.6 Å². The smallest absolute Gasteiger partial charge is 0.245 e. The van der Waals surface area contributed by atoms with Crippen molar-refractivity contribution in [2.24, 2.45) is 0 Å². The van der Waals surface area contributed by atoms with Gasteiger partial charge in [0.1, 0.15) is 6.04 Å². The standard InChI is InChI=1S/C16H22N2OS/c1-12-17-14(13-7-4-3-5-8-13)15(19)18(12)11-16(2)9-6-10-20-16/h3-5,7-8,12,14,17H,6,9-11H2,1-2H3. The molecule has 0 spiro atoms. The van der Waals surface area contributed by atoms with Crippen molar-refractivity contribution in [1.29, 1.82) is 0 Å². The topological polar surface area (TPSA) is 32.3 Å². The van der Waals surface area contributed by atoms with Crippen molar-refractivity contribution >= 4 is 17.7 Å². The maximum absolute atomic E-state index is 12.7. The van der Waals surface area contributed by atoms with E-state index in [0.717, 1.165) is 12.1 Å². The van der Waals surface area contributed by atoms with Crippen LogP contribution in [-0.4, -0.2) is 34.0 Å². The number of hydrogen-bond donors (Lipinski definition) is 1. The van der Waals surface area contributed by atoms with Gasteiger partial charge in [0.15, 0.2) is 0 Å². The molecule has 108 valence electrons. The summed E-state index contributed by atoms with van der Waals surface area (Å²) >= 11 is 2.01. The maximum atomic E-state index is 12.7. The van der Waals surface area contributed by atoms with Gasteiger partial charge in [-0.2, -0.15) is 11.8 Å². The largest absolute Gasteiger partial charge is 0.324 e. The average molecular weight is 290 g/mol. The van der Waals surface area contributed by atoms with E-state index < -0.39 is 0 Å². The molecule has 2 fully saturated rings. The molecule has 0 saturated carbocycles. The first-order valence-electron chi connectivity index (χ1n) is 7.34. The van der Waals surface area contributed by atoms with Gasteiger partial charge in [-0.15, -0.1) is 0 Å². The van der Waals surface area contributed by atoms with Gasteiger partial charge in [-0.05, 0) is 38.0 Å². The highest BCUT2D eigenvalue weighted by Crippen LogP contribution is 2.39. The summed E-state index contributed by atoms with van der Waals surface area (Å²) < 4.78 is 0.233. The molecule has 20 heavy (non-hydrogen) atoms. The minimum absolute atomic E-state index is 0.116. The van der Waals surface area contributed by atoms with Gasteiger partial charge in [0, 0.05) is 11.3 Å². The number of amides is 1. The highest BCUT2D eigenvalue weighted by Gasteiger charge is 2.41. The van der Waals surface area contributed by atoms with Crippen molar-refractivity contribution in [3.8, 4) is 0 Å². The van der Waals surface area contributed by atoms with E-state index in [4.69, 9.17) is 0 Å². The van der Waals surface area contributed by atoms with Gasteiger partial charge in [0.05, 0.1) is 6.17 Å². The first-order valence-corrected chi connectivity index (χ1v) is 8.33. The third kappa shape index (κ3) is 2.59. The number of benzene rings is 1. The normalized spacial score (nSPS) is 33.9. The predicted molar refractivity (Wildman–Crippen MR) is 83.6 cm³/mol. The molecule has 3 rings (SSSR count). The van der Waals surface area contributed by atoms with Crippen LogP contribution in [0, 0.1) is 0 Å². The van der Waals surface area contributed by atoms with E-state index in [1.807, 2.05) is 47.0 Å². The molecule has 3 nitrogen and oxygen atoms in total. The highest BCUT2D eigenvalue weighted by atomic mass is 32.2. The van der Waals surface area contributed by atoms with Crippen LogP contribution in [0.25, 0.3) is 0 Å². The molecule has 0 radical (unpaired) electrons. The van der Waals surface area contributed by atoms with Crippen LogP contribution in [0.2, 0.25) is 0 Å². The molecule has 1 N–H and O–H groups in total. The lowest BCUT2D eigenvalue weighted by atomic mass is 10.0. The zero-order chi connectivity index (χ0) is 14.2. The molecule has 0 aliphatic carbocycles. The fourth-order valence-corrected chi connectivity index (χ4v) is 4.48. The molecule has 0 aromatic heterocycles. The molecule has 3 atom stereocenters. The summed E-state index contributed by atoms with van der Waals surface area (Å²) in [7, 11) is 0. The number of carbonyl (C=O) groups excluding carboxylic acids is 1. The lowest BCUT2D eigenvalue weighted by Gasteiger charge is -2.31. The van der Waals surface area contributed by atoms with Crippen LogP contribution >= 0.6 is 11.8 Å². The second-order valence-corrected chi connectivity index (χ2v) is 7.74. The monoisotopic (exact) mass is 290 g/mol. The lowest BCUT2D eigenvalue weighted by molar-refractivity contribution is -0.130. The molecule has 2 aliphatic heterocycles. The summed E-state index contributed by atoms with van der Waals surface area (Å²) in [4.78, 5) is 14.7. The quantitative estimate of drug-likeness (QED) is 0.929. The fourth-order valence-electron chi connectivity index (χ4n) is 3.18. The average Bonchev–Trinajstić information content (AvgIpc) is 2.99. The van der Waals surface area contributed by atoms with Crippen molar-refractivity contribution in [3.63, 3.8) is 0 Å². The fraction of sp³-hybridized carbons (Fsp3) is 0.562. The molecule has 2 aliphatic rings. The summed E-state index contributed by atoms with van der Waals surface area (Å²) in [5.74, 6) is 1.44. The molecule has 3 unspecified atom stereocenters. The Morgan fingerprint density at radius 2 is 2.15 bits per heavy atom. The van der Waals surface area contributed by atoms with Gasteiger partial charge in [-0.3, -0.25) is 10.1 Å². The van der Waals surface area contributed by atoms with E-state index in [0.29, 0.717) is 0 Å². The number of nitrogens with zero attached hydrogens (tertiary/aromatic N) is 1. The van der Waals surface area contributed by atoms with Gasteiger partial charge >= 0.3 is 0 Å². The number of rotatable bonds is 3. The molecule has 1 aromatic rings. The van der Waals surface area contributed by atoms with Crippen molar-refractivity contribution in [1.82, 2.24) is 10.2 Å². The Morgan fingerprint density at radius 1 is 1.40 bits per heavy atom. The lowest BCUT2D eigenvalue weighted by Crippen LogP contribution is -2.43. The molecular weight excluding hydrogens is 268 g/mol. The summed E-state index contributed by atoms with van der Waals surface area (Å²) in [5, 5.41) is 3.43. The summed E-state index contributed by atoms with van der Waals surface area (Å²) in [6, 6.07) is 9.84. The Balaban J connectivity index is 1.75. The Morgan fingerprint density at radius 3 is 2.80 bits per heavy atom. The van der Waals surface area contributed by atoms with Gasteiger partial charge in [0.25, 0.3) is 0 Å². The Kier molecular flexibility index (Phi) is 3.78. The van der Waals surface area contributed by atoms with Crippen LogP contribution < -0.4 is 5.32 Å². The first-order chi connectivity index (χ1) is 9.59. The number of nitrogens with one attached hydrogen (secondary N) is 1. The van der Waals surface area contributed by atoms with E-state index >= 15 is 0 Å². The van der Waals surface area contributed by atoms with Crippen LogP contribution in [0.3, 0.4) is 0 Å². The van der Waals surface area contributed by atoms with E-state index in [1.54, 1.807) is 0 Å². The van der Waals surface area contributed by atoms with Gasteiger partial charge in [-0.1, -0.05) is 30.3 Å². The van der Waals surface area contributed by atoms with Gasteiger partial charge in [0.2, 0.25) is 5.91 Å². The van der Waals surface area contributed by atoms with Crippen LogP contribution in [0.1, 0.15) is 38.3 Å². The third-order valence-electron chi connectivity index (χ3n) is 4.34. The molecule has 2 saturated heterocycles. The first kappa shape index (κ1) is 14.0. The Labute approximate surface area is 125 Å². The van der Waals surface area contributed by atoms with Crippen molar-refractivity contribution in [3.05, 3.63) is 35.9 Å². The van der Waals surface area contributed by atoms with Crippen molar-refractivity contribution in [2.45, 2.75) is 43.6 Å². The summed E-state index contributed by atoms with van der Waals surface area (Å²) in [5.41, 5.74) is 1.07. The number of thioether (sulfide) groups is 1. The Bertz CT molecular complexity index is 485. The zero-order valence-corrected chi connectivity index (χ0v) is 13.0. The second kappa shape index (κ2) is 5.41. The van der Waals surface area contributed by atoms with Crippen LogP contribution in [0.5, 0.6) is 0 Å². The minimum atomic E-state index is -0.179. The van der Waals surface area contributed by atoms with E-state index in [-0.39, 0.29) is 22.9 Å². The molecule has 1 amide bonds. The molecule has 0 bridgehead atoms.